The summed E-state index contributed by atoms with van der Waals surface area (Å²) in [5.41, 5.74) is 2.98. The summed E-state index contributed by atoms with van der Waals surface area (Å²) in [4.78, 5) is 12.9. The fourth-order valence-electron chi connectivity index (χ4n) is 3.93. The summed E-state index contributed by atoms with van der Waals surface area (Å²) in [5, 5.41) is 3.01. The van der Waals surface area contributed by atoms with Gasteiger partial charge in [0.1, 0.15) is 0 Å². The van der Waals surface area contributed by atoms with Gasteiger partial charge in [-0.1, -0.05) is 12.1 Å². The first-order valence-corrected chi connectivity index (χ1v) is 12.1. The van der Waals surface area contributed by atoms with Gasteiger partial charge in [-0.2, -0.15) is 4.31 Å². The van der Waals surface area contributed by atoms with Crippen LogP contribution in [0.15, 0.2) is 41.3 Å². The van der Waals surface area contributed by atoms with Gasteiger partial charge >= 0.3 is 0 Å². The Kier molecular flexibility index (Phi) is 6.20. The number of aryl methyl sites for hydroxylation is 1. The Morgan fingerprint density at radius 2 is 1.74 bits per heavy atom. The molecule has 2 heterocycles. The van der Waals surface area contributed by atoms with Gasteiger partial charge in [0.15, 0.2) is 11.5 Å². The minimum atomic E-state index is -3.66. The molecule has 2 aliphatic rings. The maximum atomic E-state index is 13.1. The molecule has 0 atom stereocenters. The van der Waals surface area contributed by atoms with E-state index in [9.17, 15) is 13.2 Å². The largest absolute Gasteiger partial charge is 0.490 e. The van der Waals surface area contributed by atoms with Crippen LogP contribution in [0.5, 0.6) is 11.5 Å². The Hall–Kier alpha value is -2.58. The average Bonchev–Trinajstić information content (AvgIpc) is 3.02. The van der Waals surface area contributed by atoms with Crippen LogP contribution < -0.4 is 14.8 Å². The molecule has 31 heavy (non-hydrogen) atoms. The molecular weight excluding hydrogens is 416 g/mol. The molecule has 0 spiro atoms. The van der Waals surface area contributed by atoms with Gasteiger partial charge in [0.05, 0.1) is 18.1 Å². The fourth-order valence-corrected chi connectivity index (χ4v) is 5.42. The van der Waals surface area contributed by atoms with E-state index in [1.54, 1.807) is 12.1 Å². The van der Waals surface area contributed by atoms with E-state index >= 15 is 0 Å². The number of piperidine rings is 1. The molecule has 2 aromatic carbocycles. The third kappa shape index (κ3) is 4.55. The smallest absolute Gasteiger partial charge is 0.243 e. The van der Waals surface area contributed by atoms with E-state index in [1.165, 1.54) is 10.4 Å². The fraction of sp³-hybridized carbons (Fsp3) is 0.435. The Bertz CT molecular complexity index is 1080. The molecule has 1 saturated heterocycles. The van der Waals surface area contributed by atoms with E-state index in [-0.39, 0.29) is 16.7 Å². The van der Waals surface area contributed by atoms with Crippen LogP contribution in [-0.2, 0) is 14.8 Å². The van der Waals surface area contributed by atoms with Gasteiger partial charge in [-0.05, 0) is 56.0 Å². The lowest BCUT2D eigenvalue weighted by molar-refractivity contribution is -0.120. The van der Waals surface area contributed by atoms with Crippen molar-refractivity contribution in [1.82, 2.24) is 4.31 Å². The molecule has 0 aromatic heterocycles. The molecule has 2 aliphatic heterocycles. The molecule has 0 saturated carbocycles. The second kappa shape index (κ2) is 8.88. The molecule has 0 radical (unpaired) electrons. The number of anilines is 1. The van der Waals surface area contributed by atoms with Crippen LogP contribution >= 0.6 is 0 Å². The zero-order valence-corrected chi connectivity index (χ0v) is 18.7. The van der Waals surface area contributed by atoms with Crippen LogP contribution in [0, 0.1) is 19.8 Å². The third-order valence-corrected chi connectivity index (χ3v) is 7.94. The normalized spacial score (nSPS) is 17.7. The standard InChI is InChI=1S/C23H28N2O5S/c1-16-5-3-6-20(17(16)2)24-23(26)18-9-11-25(12-10-18)31(27,28)19-7-8-21-22(15-19)30-14-4-13-29-21/h3,5-8,15,18H,4,9-14H2,1-2H3,(H,24,26). The summed E-state index contributed by atoms with van der Waals surface area (Å²) >= 11 is 0. The number of benzene rings is 2. The van der Waals surface area contributed by atoms with Crippen molar-refractivity contribution in [3.05, 3.63) is 47.5 Å². The number of nitrogens with zero attached hydrogens (tertiary/aromatic N) is 1. The number of sulfonamides is 1. The van der Waals surface area contributed by atoms with Crippen molar-refractivity contribution in [2.75, 3.05) is 31.6 Å². The number of carbonyl (C=O) groups is 1. The number of hydrogen-bond donors (Lipinski definition) is 1. The monoisotopic (exact) mass is 444 g/mol. The zero-order valence-electron chi connectivity index (χ0n) is 17.9. The van der Waals surface area contributed by atoms with Crippen molar-refractivity contribution in [1.29, 1.82) is 0 Å². The van der Waals surface area contributed by atoms with Crippen molar-refractivity contribution >= 4 is 21.6 Å². The molecule has 7 nitrogen and oxygen atoms in total. The second-order valence-electron chi connectivity index (χ2n) is 8.07. The van der Waals surface area contributed by atoms with E-state index in [4.69, 9.17) is 9.47 Å². The van der Waals surface area contributed by atoms with Gasteiger partial charge in [0, 0.05) is 37.2 Å². The van der Waals surface area contributed by atoms with Crippen LogP contribution in [0.25, 0.3) is 0 Å². The lowest BCUT2D eigenvalue weighted by Gasteiger charge is -2.30. The molecule has 0 unspecified atom stereocenters. The minimum Gasteiger partial charge on any atom is -0.490 e. The summed E-state index contributed by atoms with van der Waals surface area (Å²) in [6, 6.07) is 10.6. The van der Waals surface area contributed by atoms with Crippen LogP contribution in [-0.4, -0.2) is 44.9 Å². The van der Waals surface area contributed by atoms with E-state index < -0.39 is 10.0 Å². The van der Waals surface area contributed by atoms with Crippen molar-refractivity contribution < 1.29 is 22.7 Å². The van der Waals surface area contributed by atoms with E-state index in [0.717, 1.165) is 23.2 Å². The van der Waals surface area contributed by atoms with E-state index in [0.29, 0.717) is 50.6 Å². The molecule has 166 valence electrons. The number of amides is 1. The van der Waals surface area contributed by atoms with Crippen molar-refractivity contribution in [2.45, 2.75) is 38.0 Å². The molecule has 8 heteroatoms. The van der Waals surface area contributed by atoms with Gasteiger partial charge in [0.2, 0.25) is 15.9 Å². The highest BCUT2D eigenvalue weighted by Crippen LogP contribution is 2.34. The Balaban J connectivity index is 1.41. The zero-order chi connectivity index (χ0) is 22.0. The molecule has 1 N–H and O–H groups in total. The first-order chi connectivity index (χ1) is 14.9. The summed E-state index contributed by atoms with van der Waals surface area (Å²) in [6.07, 6.45) is 1.73. The molecule has 2 aromatic rings. The van der Waals surface area contributed by atoms with Crippen LogP contribution in [0.2, 0.25) is 0 Å². The summed E-state index contributed by atoms with van der Waals surface area (Å²) in [5.74, 6) is 0.760. The Morgan fingerprint density at radius 3 is 2.48 bits per heavy atom. The predicted molar refractivity (Wildman–Crippen MR) is 118 cm³/mol. The van der Waals surface area contributed by atoms with Gasteiger partial charge in [0.25, 0.3) is 0 Å². The highest BCUT2D eigenvalue weighted by molar-refractivity contribution is 7.89. The quantitative estimate of drug-likeness (QED) is 0.780. The van der Waals surface area contributed by atoms with Gasteiger partial charge in [-0.3, -0.25) is 4.79 Å². The third-order valence-electron chi connectivity index (χ3n) is 6.04. The second-order valence-corrected chi connectivity index (χ2v) is 10.0. The van der Waals surface area contributed by atoms with Crippen LogP contribution in [0.4, 0.5) is 5.69 Å². The Labute approximate surface area is 183 Å². The number of rotatable bonds is 4. The number of ether oxygens (including phenoxy) is 2. The summed E-state index contributed by atoms with van der Waals surface area (Å²) < 4.78 is 39.0. The maximum absolute atomic E-state index is 13.1. The number of fused-ring (bicyclic) bond motifs is 1. The minimum absolute atomic E-state index is 0.0543. The highest BCUT2D eigenvalue weighted by atomic mass is 32.2. The van der Waals surface area contributed by atoms with Gasteiger partial charge in [-0.15, -0.1) is 0 Å². The molecule has 4 rings (SSSR count). The van der Waals surface area contributed by atoms with Crippen LogP contribution in [0.1, 0.15) is 30.4 Å². The topological polar surface area (TPSA) is 84.9 Å². The lowest BCUT2D eigenvalue weighted by Crippen LogP contribution is -2.41. The average molecular weight is 445 g/mol. The summed E-state index contributed by atoms with van der Waals surface area (Å²) in [7, 11) is -3.66. The Morgan fingerprint density at radius 1 is 1.03 bits per heavy atom. The lowest BCUT2D eigenvalue weighted by atomic mass is 9.97. The SMILES string of the molecule is Cc1cccc(NC(=O)C2CCN(S(=O)(=O)c3ccc4c(c3)OCCCO4)CC2)c1C. The number of hydrogen-bond acceptors (Lipinski definition) is 5. The number of carbonyl (C=O) groups excluding carboxylic acids is 1. The van der Waals surface area contributed by atoms with E-state index in [2.05, 4.69) is 5.32 Å². The highest BCUT2D eigenvalue weighted by Gasteiger charge is 2.33. The van der Waals surface area contributed by atoms with Crippen LogP contribution in [0.3, 0.4) is 0 Å². The molecule has 1 amide bonds. The van der Waals surface area contributed by atoms with Crippen molar-refractivity contribution in [3.63, 3.8) is 0 Å². The van der Waals surface area contributed by atoms with Crippen molar-refractivity contribution in [2.24, 2.45) is 5.92 Å². The van der Waals surface area contributed by atoms with E-state index in [1.807, 2.05) is 32.0 Å². The van der Waals surface area contributed by atoms with Gasteiger partial charge in [-0.25, -0.2) is 8.42 Å². The van der Waals surface area contributed by atoms with Crippen molar-refractivity contribution in [3.8, 4) is 11.5 Å². The molecule has 0 aliphatic carbocycles. The summed E-state index contributed by atoms with van der Waals surface area (Å²) in [6.45, 7) is 5.65. The predicted octanol–water partition coefficient (Wildman–Crippen LogP) is 3.50. The molecule has 1 fully saturated rings. The molecule has 0 bridgehead atoms. The van der Waals surface area contributed by atoms with Gasteiger partial charge < -0.3 is 14.8 Å². The molecular formula is C23H28N2O5S. The number of nitrogens with one attached hydrogen (secondary N) is 1. The first kappa shape index (κ1) is 21.6. The first-order valence-electron chi connectivity index (χ1n) is 10.6. The maximum Gasteiger partial charge on any atom is 0.243 e.